The molecule has 0 fully saturated rings. The fraction of sp³-hybridized carbons (Fsp3) is 0.286. The van der Waals surface area contributed by atoms with Gasteiger partial charge in [-0.1, -0.05) is 18.2 Å². The molecule has 0 radical (unpaired) electrons. The number of carbonyl (C=O) groups is 1. The molecule has 0 amide bonds. The molecule has 0 atom stereocenters. The van der Waals surface area contributed by atoms with Crippen LogP contribution < -0.4 is 0 Å². The number of aryl methyl sites for hydroxylation is 2. The zero-order chi connectivity index (χ0) is 14.9. The molecule has 0 saturated heterocycles. The van der Waals surface area contributed by atoms with E-state index in [1.165, 1.54) is 28.9 Å². The van der Waals surface area contributed by atoms with Crippen LogP contribution in [0.1, 0.15) is 34.2 Å². The monoisotopic (exact) mass is 282 g/mol. The van der Waals surface area contributed by atoms with E-state index in [0.717, 1.165) is 6.07 Å². The molecule has 0 bridgehead atoms. The molecular formula is C14H13F3N2O. The van der Waals surface area contributed by atoms with Crippen LogP contribution in [0.4, 0.5) is 13.2 Å². The number of carbonyl (C=O) groups excluding carboxylic acids is 1. The van der Waals surface area contributed by atoms with Crippen LogP contribution in [0.15, 0.2) is 30.3 Å². The lowest BCUT2D eigenvalue weighted by atomic mass is 10.0. The second-order valence-electron chi connectivity index (χ2n) is 4.36. The fourth-order valence-electron chi connectivity index (χ4n) is 2.04. The molecule has 0 spiro atoms. The van der Waals surface area contributed by atoms with Crippen molar-refractivity contribution in [3.63, 3.8) is 0 Å². The minimum absolute atomic E-state index is 0.168. The molecule has 3 nitrogen and oxygen atoms in total. The third-order valence-electron chi connectivity index (χ3n) is 2.91. The van der Waals surface area contributed by atoms with Crippen LogP contribution in [0, 0.1) is 6.92 Å². The maximum absolute atomic E-state index is 12.9. The van der Waals surface area contributed by atoms with Crippen molar-refractivity contribution in [2.75, 3.05) is 0 Å². The second-order valence-corrected chi connectivity index (χ2v) is 4.36. The van der Waals surface area contributed by atoms with Gasteiger partial charge < -0.3 is 0 Å². The summed E-state index contributed by atoms with van der Waals surface area (Å²) in [5.74, 6) is -0.666. The zero-order valence-corrected chi connectivity index (χ0v) is 11.0. The predicted molar refractivity (Wildman–Crippen MR) is 67.5 cm³/mol. The van der Waals surface area contributed by atoms with Gasteiger partial charge in [-0.3, -0.25) is 9.48 Å². The van der Waals surface area contributed by atoms with Crippen molar-refractivity contribution in [2.45, 2.75) is 26.6 Å². The van der Waals surface area contributed by atoms with Gasteiger partial charge in [-0.2, -0.15) is 18.3 Å². The largest absolute Gasteiger partial charge is 0.417 e. The van der Waals surface area contributed by atoms with E-state index in [1.54, 1.807) is 13.8 Å². The summed E-state index contributed by atoms with van der Waals surface area (Å²) in [6, 6.07) is 6.28. The Hall–Kier alpha value is -2.11. The number of rotatable bonds is 3. The minimum atomic E-state index is -4.56. The van der Waals surface area contributed by atoms with E-state index in [-0.39, 0.29) is 11.3 Å². The molecule has 0 saturated carbocycles. The van der Waals surface area contributed by atoms with E-state index in [0.29, 0.717) is 12.2 Å². The summed E-state index contributed by atoms with van der Waals surface area (Å²) in [4.78, 5) is 12.3. The Kier molecular flexibility index (Phi) is 3.65. The van der Waals surface area contributed by atoms with Crippen LogP contribution in [0.25, 0.3) is 0 Å². The lowest BCUT2D eigenvalue weighted by Gasteiger charge is -2.12. The highest BCUT2D eigenvalue weighted by molar-refractivity contribution is 6.09. The molecule has 0 unspecified atom stereocenters. The first-order valence-electron chi connectivity index (χ1n) is 6.10. The molecule has 0 aliphatic heterocycles. The number of aromatic nitrogens is 2. The average Bonchev–Trinajstić information content (AvgIpc) is 2.78. The topological polar surface area (TPSA) is 34.9 Å². The third-order valence-corrected chi connectivity index (χ3v) is 2.91. The Morgan fingerprint density at radius 2 is 1.95 bits per heavy atom. The van der Waals surface area contributed by atoms with E-state index in [2.05, 4.69) is 5.10 Å². The third kappa shape index (κ3) is 2.59. The Labute approximate surface area is 114 Å². The first kappa shape index (κ1) is 14.3. The first-order chi connectivity index (χ1) is 9.34. The van der Waals surface area contributed by atoms with Gasteiger partial charge in [0.05, 0.1) is 11.3 Å². The summed E-state index contributed by atoms with van der Waals surface area (Å²) in [5, 5.41) is 4.08. The van der Waals surface area contributed by atoms with Crippen LogP contribution in [-0.2, 0) is 12.7 Å². The quantitative estimate of drug-likeness (QED) is 0.808. The molecule has 1 aromatic carbocycles. The lowest BCUT2D eigenvalue weighted by molar-refractivity contribution is -0.137. The van der Waals surface area contributed by atoms with Crippen molar-refractivity contribution >= 4 is 5.78 Å². The molecule has 20 heavy (non-hydrogen) atoms. The van der Waals surface area contributed by atoms with Crippen LogP contribution in [0.2, 0.25) is 0 Å². The van der Waals surface area contributed by atoms with Crippen LogP contribution >= 0.6 is 0 Å². The van der Waals surface area contributed by atoms with Gasteiger partial charge in [0.1, 0.15) is 5.69 Å². The molecule has 106 valence electrons. The van der Waals surface area contributed by atoms with E-state index in [9.17, 15) is 18.0 Å². The zero-order valence-electron chi connectivity index (χ0n) is 11.0. The summed E-state index contributed by atoms with van der Waals surface area (Å²) in [7, 11) is 0. The van der Waals surface area contributed by atoms with Gasteiger partial charge in [0.15, 0.2) is 0 Å². The average molecular weight is 282 g/mol. The van der Waals surface area contributed by atoms with Crippen molar-refractivity contribution in [3.8, 4) is 0 Å². The van der Waals surface area contributed by atoms with E-state index in [4.69, 9.17) is 0 Å². The Morgan fingerprint density at radius 3 is 2.55 bits per heavy atom. The highest BCUT2D eigenvalue weighted by Gasteiger charge is 2.35. The number of nitrogens with zero attached hydrogens (tertiary/aromatic N) is 2. The number of alkyl halides is 3. The Balaban J connectivity index is 2.54. The molecule has 6 heteroatoms. The minimum Gasteiger partial charge on any atom is -0.287 e. The van der Waals surface area contributed by atoms with Gasteiger partial charge in [-0.25, -0.2) is 0 Å². The van der Waals surface area contributed by atoms with Gasteiger partial charge in [0, 0.05) is 12.1 Å². The molecule has 0 aliphatic carbocycles. The molecule has 2 aromatic rings. The standard InChI is InChI=1S/C14H13F3N2O/c1-3-19-12(8-9(2)18-19)13(20)10-6-4-5-7-11(10)14(15,16)17/h4-8H,3H2,1-2H3. The summed E-state index contributed by atoms with van der Waals surface area (Å²) in [6.07, 6.45) is -4.56. The summed E-state index contributed by atoms with van der Waals surface area (Å²) >= 11 is 0. The van der Waals surface area contributed by atoms with Crippen LogP contribution in [0.5, 0.6) is 0 Å². The number of hydrogen-bond acceptors (Lipinski definition) is 2. The molecule has 2 rings (SSSR count). The van der Waals surface area contributed by atoms with Crippen molar-refractivity contribution in [3.05, 3.63) is 52.8 Å². The van der Waals surface area contributed by atoms with Gasteiger partial charge >= 0.3 is 6.18 Å². The normalized spacial score (nSPS) is 11.7. The van der Waals surface area contributed by atoms with E-state index >= 15 is 0 Å². The fourth-order valence-corrected chi connectivity index (χ4v) is 2.04. The number of benzene rings is 1. The van der Waals surface area contributed by atoms with Crippen molar-refractivity contribution in [1.29, 1.82) is 0 Å². The van der Waals surface area contributed by atoms with E-state index in [1.807, 2.05) is 0 Å². The maximum Gasteiger partial charge on any atom is 0.417 e. The van der Waals surface area contributed by atoms with Crippen molar-refractivity contribution in [2.24, 2.45) is 0 Å². The number of halogens is 3. The second kappa shape index (κ2) is 5.11. The van der Waals surface area contributed by atoms with Gasteiger partial charge in [-0.15, -0.1) is 0 Å². The van der Waals surface area contributed by atoms with Crippen LogP contribution in [0.3, 0.4) is 0 Å². The summed E-state index contributed by atoms with van der Waals surface area (Å²) < 4.78 is 40.2. The van der Waals surface area contributed by atoms with Gasteiger partial charge in [0.25, 0.3) is 0 Å². The molecule has 1 heterocycles. The summed E-state index contributed by atoms with van der Waals surface area (Å²) in [6.45, 7) is 3.89. The SMILES string of the molecule is CCn1nc(C)cc1C(=O)c1ccccc1C(F)(F)F. The first-order valence-corrected chi connectivity index (χ1v) is 6.10. The maximum atomic E-state index is 12.9. The Bertz CT molecular complexity index is 644. The van der Waals surface area contributed by atoms with Crippen molar-refractivity contribution < 1.29 is 18.0 Å². The highest BCUT2D eigenvalue weighted by atomic mass is 19.4. The highest BCUT2D eigenvalue weighted by Crippen LogP contribution is 2.32. The van der Waals surface area contributed by atoms with E-state index < -0.39 is 17.5 Å². The van der Waals surface area contributed by atoms with Crippen molar-refractivity contribution in [1.82, 2.24) is 9.78 Å². The van der Waals surface area contributed by atoms with Gasteiger partial charge in [-0.05, 0) is 26.0 Å². The smallest absolute Gasteiger partial charge is 0.287 e. The molecule has 1 aromatic heterocycles. The summed E-state index contributed by atoms with van der Waals surface area (Å²) in [5.41, 5.74) is -0.512. The number of hydrogen-bond donors (Lipinski definition) is 0. The van der Waals surface area contributed by atoms with Crippen LogP contribution in [-0.4, -0.2) is 15.6 Å². The van der Waals surface area contributed by atoms with Gasteiger partial charge in [0.2, 0.25) is 5.78 Å². The molecule has 0 aliphatic rings. The number of ketones is 1. The molecule has 0 N–H and O–H groups in total. The lowest BCUT2D eigenvalue weighted by Crippen LogP contribution is -2.16. The predicted octanol–water partition coefficient (Wildman–Crippen LogP) is 3.46. The molecular weight excluding hydrogens is 269 g/mol. The Morgan fingerprint density at radius 1 is 1.30 bits per heavy atom.